The van der Waals surface area contributed by atoms with E-state index in [0.717, 1.165) is 6.42 Å². The largest absolute Gasteiger partial charge is 0.471 e. The van der Waals surface area contributed by atoms with Crippen LogP contribution >= 0.6 is 22.6 Å². The second kappa shape index (κ2) is 10.1. The molecule has 1 heterocycles. The number of ether oxygens (including phenoxy) is 2. The molecule has 5 atom stereocenters. The Morgan fingerprint density at radius 3 is 2.46 bits per heavy atom. The molecule has 0 aliphatic carbocycles. The maximum Gasteiger partial charge on any atom is 0.471 e. The molecule has 0 aromatic carbocycles. The van der Waals surface area contributed by atoms with Crippen LogP contribution in [0.2, 0.25) is 0 Å². The van der Waals surface area contributed by atoms with Crippen LogP contribution in [0.4, 0.5) is 13.2 Å². The van der Waals surface area contributed by atoms with Gasteiger partial charge in [-0.3, -0.25) is 4.79 Å². The fourth-order valence-electron chi connectivity index (χ4n) is 2.21. The normalized spacial score (nSPS) is 31.0. The zero-order valence-corrected chi connectivity index (χ0v) is 15.4. The summed E-state index contributed by atoms with van der Waals surface area (Å²) in [5, 5.41) is 21.4. The molecular formula is C14H23F3INO5. The number of hydrogen-bond acceptors (Lipinski definition) is 5. The number of aliphatic hydroxyl groups excluding tert-OH is 2. The topological polar surface area (TPSA) is 88.0 Å². The van der Waals surface area contributed by atoms with Crippen molar-refractivity contribution in [2.24, 2.45) is 0 Å². The number of alkyl halides is 4. The first kappa shape index (κ1) is 21.9. The van der Waals surface area contributed by atoms with Gasteiger partial charge in [-0.1, -0.05) is 35.4 Å². The molecule has 0 aromatic heterocycles. The van der Waals surface area contributed by atoms with E-state index >= 15 is 0 Å². The van der Waals surface area contributed by atoms with E-state index in [2.05, 4.69) is 0 Å². The third-order valence-corrected chi connectivity index (χ3v) is 4.99. The van der Waals surface area contributed by atoms with Crippen LogP contribution in [0.3, 0.4) is 0 Å². The van der Waals surface area contributed by atoms with Crippen molar-refractivity contribution in [1.29, 1.82) is 0 Å². The van der Waals surface area contributed by atoms with Gasteiger partial charge in [-0.05, 0) is 19.8 Å². The van der Waals surface area contributed by atoms with Gasteiger partial charge in [0.1, 0.15) is 6.10 Å². The number of hydrogen-bond donors (Lipinski definition) is 3. The van der Waals surface area contributed by atoms with E-state index in [-0.39, 0.29) is 10.5 Å². The zero-order valence-electron chi connectivity index (χ0n) is 13.3. The highest BCUT2D eigenvalue weighted by atomic mass is 127. The van der Waals surface area contributed by atoms with Crippen molar-refractivity contribution in [3.05, 3.63) is 0 Å². The summed E-state index contributed by atoms with van der Waals surface area (Å²) in [6.07, 6.45) is -5.28. The highest BCUT2D eigenvalue weighted by Crippen LogP contribution is 2.27. The summed E-state index contributed by atoms with van der Waals surface area (Å²) in [7, 11) is 0. The quantitative estimate of drug-likeness (QED) is 0.285. The molecule has 3 N–H and O–H groups in total. The molecule has 24 heavy (non-hydrogen) atoms. The first-order valence-electron chi connectivity index (χ1n) is 7.77. The van der Waals surface area contributed by atoms with Crippen LogP contribution in [0.15, 0.2) is 0 Å². The first-order valence-corrected chi connectivity index (χ1v) is 9.01. The molecule has 1 aliphatic rings. The smallest absolute Gasteiger partial charge is 0.389 e. The minimum absolute atomic E-state index is 0.0116. The van der Waals surface area contributed by atoms with Crippen molar-refractivity contribution in [1.82, 2.24) is 5.32 Å². The summed E-state index contributed by atoms with van der Waals surface area (Å²) >= 11 is 1.97. The third-order valence-electron chi connectivity index (χ3n) is 3.66. The lowest BCUT2D eigenvalue weighted by molar-refractivity contribution is -0.238. The average Bonchev–Trinajstić information content (AvgIpc) is 2.51. The minimum atomic E-state index is -4.83. The lowest BCUT2D eigenvalue weighted by atomic mass is 10.0. The molecule has 0 radical (unpaired) electrons. The van der Waals surface area contributed by atoms with Crippen molar-refractivity contribution in [3.63, 3.8) is 0 Å². The van der Waals surface area contributed by atoms with E-state index in [1.165, 1.54) is 0 Å². The maximum absolute atomic E-state index is 11.9. The Morgan fingerprint density at radius 1 is 1.21 bits per heavy atom. The van der Waals surface area contributed by atoms with E-state index in [0.29, 0.717) is 25.9 Å². The van der Waals surface area contributed by atoms with Crippen LogP contribution in [0, 0.1) is 0 Å². The van der Waals surface area contributed by atoms with Crippen molar-refractivity contribution < 1.29 is 37.7 Å². The third kappa shape index (κ3) is 6.98. The van der Waals surface area contributed by atoms with E-state index in [4.69, 9.17) is 9.47 Å². The van der Waals surface area contributed by atoms with Gasteiger partial charge < -0.3 is 25.0 Å². The molecule has 6 nitrogen and oxygen atoms in total. The second-order valence-electron chi connectivity index (χ2n) is 5.67. The Hall–Kier alpha value is -0.170. The van der Waals surface area contributed by atoms with Crippen molar-refractivity contribution in [3.8, 4) is 0 Å². The summed E-state index contributed by atoms with van der Waals surface area (Å²) < 4.78 is 46.5. The summed E-state index contributed by atoms with van der Waals surface area (Å²) in [5.41, 5.74) is 0. The van der Waals surface area contributed by atoms with Gasteiger partial charge in [0.05, 0.1) is 16.1 Å². The fourth-order valence-corrected chi connectivity index (χ4v) is 3.01. The van der Waals surface area contributed by atoms with Crippen molar-refractivity contribution in [2.45, 2.75) is 67.3 Å². The Balaban J connectivity index is 2.07. The highest BCUT2D eigenvalue weighted by Gasteiger charge is 2.41. The number of aliphatic hydroxyl groups is 2. The van der Waals surface area contributed by atoms with Crippen molar-refractivity contribution in [2.75, 3.05) is 13.2 Å². The average molecular weight is 469 g/mol. The van der Waals surface area contributed by atoms with E-state index in [9.17, 15) is 28.2 Å². The lowest BCUT2D eigenvalue weighted by Gasteiger charge is -2.39. The first-order chi connectivity index (χ1) is 11.1. The molecule has 1 saturated heterocycles. The number of carbonyl (C=O) groups excluding carboxylic acids is 1. The number of rotatable bonds is 8. The molecule has 1 aliphatic heterocycles. The fraction of sp³-hybridized carbons (Fsp3) is 0.929. The molecule has 0 aromatic rings. The predicted octanol–water partition coefficient (Wildman–Crippen LogP) is 1.51. The monoisotopic (exact) mass is 469 g/mol. The summed E-state index contributed by atoms with van der Waals surface area (Å²) in [5.74, 6) is -1.91. The molecule has 142 valence electrons. The number of unbranched alkanes of at least 4 members (excludes halogenated alkanes) is 3. The molecule has 0 spiro atoms. The number of amides is 1. The van der Waals surface area contributed by atoms with Crippen LogP contribution < -0.4 is 5.32 Å². The van der Waals surface area contributed by atoms with Gasteiger partial charge in [-0.2, -0.15) is 13.2 Å². The summed E-state index contributed by atoms with van der Waals surface area (Å²) in [4.78, 5) is 10.6. The number of halogens is 4. The van der Waals surface area contributed by atoms with Crippen LogP contribution in [0.1, 0.15) is 32.6 Å². The van der Waals surface area contributed by atoms with Gasteiger partial charge >= 0.3 is 12.1 Å². The van der Waals surface area contributed by atoms with E-state index < -0.39 is 36.7 Å². The molecule has 0 saturated carbocycles. The van der Waals surface area contributed by atoms with Gasteiger partial charge in [0.2, 0.25) is 0 Å². The molecule has 1 rings (SSSR count). The molecule has 1 fully saturated rings. The van der Waals surface area contributed by atoms with Gasteiger partial charge in [0.25, 0.3) is 0 Å². The molecule has 1 amide bonds. The van der Waals surface area contributed by atoms with Gasteiger partial charge in [0.15, 0.2) is 6.29 Å². The SMILES string of the molecule is C[C@@H]1O[C@@H](OCCCCCCNC(=O)C(F)(F)F)[C@H](I)[C@H](O)[C@H]1O. The second-order valence-corrected chi connectivity index (χ2v) is 7.11. The van der Waals surface area contributed by atoms with Crippen molar-refractivity contribution >= 4 is 28.5 Å². The Labute approximate surface area is 152 Å². The Bertz CT molecular complexity index is 399. The maximum atomic E-state index is 11.9. The molecule has 10 heteroatoms. The van der Waals surface area contributed by atoms with Crippen LogP contribution in [-0.2, 0) is 14.3 Å². The predicted molar refractivity (Wildman–Crippen MR) is 87.6 cm³/mol. The Kier molecular flexibility index (Phi) is 9.20. The summed E-state index contributed by atoms with van der Waals surface area (Å²) in [6, 6.07) is 0. The van der Waals surface area contributed by atoms with Crippen LogP contribution in [0.25, 0.3) is 0 Å². The van der Waals surface area contributed by atoms with Gasteiger partial charge in [-0.15, -0.1) is 0 Å². The van der Waals surface area contributed by atoms with Gasteiger partial charge in [0, 0.05) is 13.2 Å². The zero-order chi connectivity index (χ0) is 18.3. The molecule has 0 bridgehead atoms. The molecule has 0 unspecified atom stereocenters. The molecular weight excluding hydrogens is 446 g/mol. The lowest BCUT2D eigenvalue weighted by Crippen LogP contribution is -2.54. The minimum Gasteiger partial charge on any atom is -0.389 e. The highest BCUT2D eigenvalue weighted by molar-refractivity contribution is 14.1. The van der Waals surface area contributed by atoms with Gasteiger partial charge in [-0.25, -0.2) is 0 Å². The standard InChI is InChI=1S/C14H23F3INO5/c1-8-10(20)11(21)9(18)12(24-8)23-7-5-3-2-4-6-19-13(22)14(15,16)17/h8-12,20-21H,2-7H2,1H3,(H,19,22)/t8-,9+,10-,11-,12+/m0/s1. The number of nitrogens with one attached hydrogen (secondary N) is 1. The van der Waals surface area contributed by atoms with E-state index in [1.807, 2.05) is 27.9 Å². The summed E-state index contributed by atoms with van der Waals surface area (Å²) in [6.45, 7) is 2.03. The number of carbonyl (C=O) groups is 1. The Morgan fingerprint density at radius 2 is 1.83 bits per heavy atom. The van der Waals surface area contributed by atoms with E-state index in [1.54, 1.807) is 6.92 Å². The van der Waals surface area contributed by atoms with Crippen LogP contribution in [-0.4, -0.2) is 64.0 Å². The van der Waals surface area contributed by atoms with Crippen LogP contribution in [0.5, 0.6) is 0 Å².